The molecule has 1 aromatic carbocycles. The highest BCUT2D eigenvalue weighted by Gasteiger charge is 2.10. The van der Waals surface area contributed by atoms with Crippen LogP contribution in [0.5, 0.6) is 5.88 Å². The van der Waals surface area contributed by atoms with Crippen molar-refractivity contribution in [2.24, 2.45) is 0 Å². The molecule has 0 N–H and O–H groups in total. The van der Waals surface area contributed by atoms with Crippen LogP contribution in [0, 0.1) is 13.8 Å². The second-order valence-corrected chi connectivity index (χ2v) is 6.28. The Morgan fingerprint density at radius 1 is 1.00 bits per heavy atom. The summed E-state index contributed by atoms with van der Waals surface area (Å²) in [5.74, 6) is 0.600. The third kappa shape index (κ3) is 3.74. The predicted molar refractivity (Wildman–Crippen MR) is 97.8 cm³/mol. The molecule has 0 atom stereocenters. The van der Waals surface area contributed by atoms with Gasteiger partial charge in [-0.15, -0.1) is 0 Å². The Kier molecular flexibility index (Phi) is 4.81. The molecule has 0 aliphatic rings. The van der Waals surface area contributed by atoms with E-state index >= 15 is 0 Å². The van der Waals surface area contributed by atoms with E-state index in [2.05, 4.69) is 28.2 Å². The van der Waals surface area contributed by atoms with Gasteiger partial charge in [-0.05, 0) is 67.3 Å². The Labute approximate surface area is 147 Å². The van der Waals surface area contributed by atoms with Crippen LogP contribution in [0.1, 0.15) is 22.5 Å². The summed E-state index contributed by atoms with van der Waals surface area (Å²) in [5.41, 5.74) is 6.35. The molecule has 122 valence electrons. The van der Waals surface area contributed by atoms with E-state index in [0.717, 1.165) is 34.5 Å². The van der Waals surface area contributed by atoms with E-state index in [1.807, 2.05) is 44.3 Å². The van der Waals surface area contributed by atoms with Gasteiger partial charge in [-0.1, -0.05) is 23.7 Å². The van der Waals surface area contributed by atoms with E-state index in [0.29, 0.717) is 10.9 Å². The van der Waals surface area contributed by atoms with Crippen molar-refractivity contribution >= 4 is 11.6 Å². The number of halogens is 1. The molecule has 2 heterocycles. The Morgan fingerprint density at radius 3 is 2.42 bits per heavy atom. The smallest absolute Gasteiger partial charge is 0.221 e. The Morgan fingerprint density at radius 2 is 1.75 bits per heavy atom. The van der Waals surface area contributed by atoms with Crippen molar-refractivity contribution in [3.63, 3.8) is 0 Å². The molecule has 3 rings (SSSR count). The van der Waals surface area contributed by atoms with Gasteiger partial charge in [0.25, 0.3) is 0 Å². The molecule has 0 saturated heterocycles. The second-order valence-electron chi connectivity index (χ2n) is 5.85. The molecule has 0 bridgehead atoms. The summed E-state index contributed by atoms with van der Waals surface area (Å²) in [6.45, 7) is 4.03. The van der Waals surface area contributed by atoms with E-state index in [9.17, 15) is 0 Å². The minimum absolute atomic E-state index is 0.600. The lowest BCUT2D eigenvalue weighted by molar-refractivity contribution is 0.399. The van der Waals surface area contributed by atoms with Crippen molar-refractivity contribution in [3.05, 3.63) is 76.2 Å². The zero-order valence-electron chi connectivity index (χ0n) is 14.0. The molecule has 0 saturated carbocycles. The van der Waals surface area contributed by atoms with Crippen LogP contribution in [-0.2, 0) is 6.42 Å². The molecule has 3 nitrogen and oxygen atoms in total. The maximum absolute atomic E-state index is 6.13. The topological polar surface area (TPSA) is 35.0 Å². The number of aryl methyl sites for hydroxylation is 2. The molecule has 0 spiro atoms. The highest BCUT2D eigenvalue weighted by Crippen LogP contribution is 2.31. The fourth-order valence-electron chi connectivity index (χ4n) is 2.88. The van der Waals surface area contributed by atoms with Crippen LogP contribution >= 0.6 is 11.6 Å². The van der Waals surface area contributed by atoms with E-state index in [-0.39, 0.29) is 0 Å². The lowest BCUT2D eigenvalue weighted by Gasteiger charge is -2.11. The fraction of sp³-hybridized carbons (Fsp3) is 0.200. The summed E-state index contributed by atoms with van der Waals surface area (Å²) in [7, 11) is 1.63. The van der Waals surface area contributed by atoms with Gasteiger partial charge in [0.2, 0.25) is 5.88 Å². The first-order valence-corrected chi connectivity index (χ1v) is 8.16. The number of methoxy groups -OCH3 is 1. The summed E-state index contributed by atoms with van der Waals surface area (Å²) in [5, 5.41) is 0.695. The summed E-state index contributed by atoms with van der Waals surface area (Å²) >= 11 is 6.13. The second kappa shape index (κ2) is 7.02. The highest BCUT2D eigenvalue weighted by molar-refractivity contribution is 6.30. The number of hydrogen-bond acceptors (Lipinski definition) is 3. The SMILES string of the molecule is COc1ncc(Cc2cc(C)nc(C)c2)cc1-c1cccc(Cl)c1. The summed E-state index contributed by atoms with van der Waals surface area (Å²) in [6, 6.07) is 14.0. The van der Waals surface area contributed by atoms with E-state index in [4.69, 9.17) is 16.3 Å². The monoisotopic (exact) mass is 338 g/mol. The molecule has 0 amide bonds. The molecular weight excluding hydrogens is 320 g/mol. The van der Waals surface area contributed by atoms with Gasteiger partial charge in [0.15, 0.2) is 0 Å². The first kappa shape index (κ1) is 16.5. The number of rotatable bonds is 4. The van der Waals surface area contributed by atoms with Crippen molar-refractivity contribution in [2.75, 3.05) is 7.11 Å². The zero-order valence-corrected chi connectivity index (χ0v) is 14.8. The number of aromatic nitrogens is 2. The molecule has 24 heavy (non-hydrogen) atoms. The average Bonchev–Trinajstić information content (AvgIpc) is 2.54. The number of ether oxygens (including phenoxy) is 1. The minimum Gasteiger partial charge on any atom is -0.481 e. The molecular formula is C20H19ClN2O. The standard InChI is InChI=1S/C20H19ClN2O/c1-13-7-15(8-14(2)23-13)9-16-10-19(20(24-3)22-12-16)17-5-4-6-18(21)11-17/h4-8,10-12H,9H2,1-3H3. The van der Waals surface area contributed by atoms with Gasteiger partial charge >= 0.3 is 0 Å². The molecule has 3 aromatic rings. The van der Waals surface area contributed by atoms with E-state index < -0.39 is 0 Å². The lowest BCUT2D eigenvalue weighted by atomic mass is 10.0. The van der Waals surface area contributed by atoms with Crippen molar-refractivity contribution < 1.29 is 4.74 Å². The van der Waals surface area contributed by atoms with Gasteiger partial charge in [-0.2, -0.15) is 0 Å². The molecule has 0 aliphatic heterocycles. The normalized spacial score (nSPS) is 10.7. The molecule has 4 heteroatoms. The highest BCUT2D eigenvalue weighted by atomic mass is 35.5. The van der Waals surface area contributed by atoms with Crippen molar-refractivity contribution in [2.45, 2.75) is 20.3 Å². The van der Waals surface area contributed by atoms with Crippen LogP contribution < -0.4 is 4.74 Å². The molecule has 0 fully saturated rings. The third-order valence-electron chi connectivity index (χ3n) is 3.79. The van der Waals surface area contributed by atoms with Gasteiger partial charge < -0.3 is 4.74 Å². The first-order valence-electron chi connectivity index (χ1n) is 7.78. The van der Waals surface area contributed by atoms with Crippen LogP contribution in [0.15, 0.2) is 48.7 Å². The van der Waals surface area contributed by atoms with Crippen LogP contribution in [0.2, 0.25) is 5.02 Å². The summed E-state index contributed by atoms with van der Waals surface area (Å²) < 4.78 is 5.42. The van der Waals surface area contributed by atoms with Gasteiger partial charge in [0.1, 0.15) is 0 Å². The largest absolute Gasteiger partial charge is 0.481 e. The Hall–Kier alpha value is -2.39. The first-order chi connectivity index (χ1) is 11.5. The summed E-state index contributed by atoms with van der Waals surface area (Å²) in [6.07, 6.45) is 2.66. The van der Waals surface area contributed by atoms with Gasteiger partial charge in [0.05, 0.1) is 7.11 Å². The van der Waals surface area contributed by atoms with E-state index in [1.54, 1.807) is 7.11 Å². The molecule has 0 aliphatic carbocycles. The summed E-state index contributed by atoms with van der Waals surface area (Å²) in [4.78, 5) is 8.89. The maximum Gasteiger partial charge on any atom is 0.221 e. The van der Waals surface area contributed by atoms with Gasteiger partial charge in [-0.3, -0.25) is 4.98 Å². The predicted octanol–water partition coefficient (Wildman–Crippen LogP) is 5.01. The maximum atomic E-state index is 6.13. The van der Waals surface area contributed by atoms with Crippen LogP contribution in [-0.4, -0.2) is 17.1 Å². The van der Waals surface area contributed by atoms with Crippen LogP contribution in [0.4, 0.5) is 0 Å². The van der Waals surface area contributed by atoms with Crippen molar-refractivity contribution in [1.82, 2.24) is 9.97 Å². The zero-order chi connectivity index (χ0) is 17.1. The van der Waals surface area contributed by atoms with Crippen molar-refractivity contribution in [3.8, 4) is 17.0 Å². The van der Waals surface area contributed by atoms with Crippen molar-refractivity contribution in [1.29, 1.82) is 0 Å². The number of pyridine rings is 2. The Balaban J connectivity index is 2.00. The number of hydrogen-bond donors (Lipinski definition) is 0. The molecule has 0 unspecified atom stereocenters. The number of benzene rings is 1. The van der Waals surface area contributed by atoms with Gasteiger partial charge in [0, 0.05) is 28.2 Å². The van der Waals surface area contributed by atoms with Crippen LogP contribution in [0.25, 0.3) is 11.1 Å². The lowest BCUT2D eigenvalue weighted by Crippen LogP contribution is -1.97. The quantitative estimate of drug-likeness (QED) is 0.670. The Bertz CT molecular complexity index is 857. The number of nitrogens with zero attached hydrogens (tertiary/aromatic N) is 2. The minimum atomic E-state index is 0.600. The molecule has 0 radical (unpaired) electrons. The molecule has 2 aromatic heterocycles. The van der Waals surface area contributed by atoms with Crippen LogP contribution in [0.3, 0.4) is 0 Å². The third-order valence-corrected chi connectivity index (χ3v) is 4.02. The average molecular weight is 339 g/mol. The fourth-order valence-corrected chi connectivity index (χ4v) is 3.07. The van der Waals surface area contributed by atoms with E-state index in [1.165, 1.54) is 5.56 Å². The van der Waals surface area contributed by atoms with Gasteiger partial charge in [-0.25, -0.2) is 4.98 Å².